The highest BCUT2D eigenvalue weighted by Crippen LogP contribution is 2.42. The number of nitrogens with one attached hydrogen (secondary N) is 1. The lowest BCUT2D eigenvalue weighted by atomic mass is 9.85. The standard InChI is InChI=1S/C21H21N3O4.H2O/c1-13(25)24(23-20(27)15-7-5-4-6-8-15)18-16-11-14(12-22)9-10-17(16)28-21(2,3)19(18)26;/h4-11,18-19,26H,1-3H3,(H,23,27);1H2/t18-,19+;/m0./s1. The maximum atomic E-state index is 12.6. The number of rotatable bonds is 2. The first-order valence-corrected chi connectivity index (χ1v) is 8.81. The molecule has 2 amide bonds. The summed E-state index contributed by atoms with van der Waals surface area (Å²) in [7, 11) is 0. The summed E-state index contributed by atoms with van der Waals surface area (Å²) >= 11 is 0. The molecule has 0 radical (unpaired) electrons. The van der Waals surface area contributed by atoms with Crippen LogP contribution in [0.15, 0.2) is 48.5 Å². The number of nitrogens with zero attached hydrogens (tertiary/aromatic N) is 2. The van der Waals surface area contributed by atoms with Crippen molar-refractivity contribution in [1.29, 1.82) is 5.26 Å². The smallest absolute Gasteiger partial charge is 0.269 e. The maximum Gasteiger partial charge on any atom is 0.269 e. The number of carbonyl (C=O) groups excluding carboxylic acids is 2. The van der Waals surface area contributed by atoms with Gasteiger partial charge in [0.25, 0.3) is 5.91 Å². The van der Waals surface area contributed by atoms with Crippen molar-refractivity contribution >= 4 is 11.8 Å². The van der Waals surface area contributed by atoms with Gasteiger partial charge in [-0.15, -0.1) is 0 Å². The van der Waals surface area contributed by atoms with Gasteiger partial charge in [0.05, 0.1) is 11.6 Å². The number of hydrogen-bond donors (Lipinski definition) is 2. The lowest BCUT2D eigenvalue weighted by molar-refractivity contribution is -0.147. The van der Waals surface area contributed by atoms with E-state index < -0.39 is 29.6 Å². The van der Waals surface area contributed by atoms with Crippen molar-refractivity contribution in [2.75, 3.05) is 0 Å². The Labute approximate surface area is 168 Å². The molecule has 0 saturated heterocycles. The summed E-state index contributed by atoms with van der Waals surface area (Å²) < 4.78 is 5.87. The van der Waals surface area contributed by atoms with E-state index in [2.05, 4.69) is 5.43 Å². The number of carbonyl (C=O) groups is 2. The quantitative estimate of drug-likeness (QED) is 0.741. The Hall–Kier alpha value is -3.41. The number of fused-ring (bicyclic) bond motifs is 1. The molecule has 3 rings (SSSR count). The van der Waals surface area contributed by atoms with Crippen LogP contribution in [0.1, 0.15) is 48.3 Å². The fourth-order valence-corrected chi connectivity index (χ4v) is 3.22. The number of hydrogen-bond acceptors (Lipinski definition) is 5. The molecule has 2 aromatic carbocycles. The molecule has 0 bridgehead atoms. The van der Waals surface area contributed by atoms with E-state index in [4.69, 9.17) is 4.74 Å². The van der Waals surface area contributed by atoms with Gasteiger partial charge in [-0.25, -0.2) is 5.01 Å². The van der Waals surface area contributed by atoms with E-state index in [0.29, 0.717) is 22.4 Å². The van der Waals surface area contributed by atoms with Gasteiger partial charge < -0.3 is 15.3 Å². The zero-order valence-electron chi connectivity index (χ0n) is 16.3. The van der Waals surface area contributed by atoms with Gasteiger partial charge in [-0.3, -0.25) is 15.0 Å². The number of benzene rings is 2. The summed E-state index contributed by atoms with van der Waals surface area (Å²) in [6, 6.07) is 14.4. The molecule has 1 aliphatic rings. The van der Waals surface area contributed by atoms with E-state index >= 15 is 0 Å². The van der Waals surface area contributed by atoms with Crippen LogP contribution >= 0.6 is 0 Å². The van der Waals surface area contributed by atoms with Crippen molar-refractivity contribution < 1.29 is 24.9 Å². The molecule has 0 aromatic heterocycles. The second-order valence-electron chi connectivity index (χ2n) is 7.16. The first-order chi connectivity index (χ1) is 13.2. The molecule has 1 aliphatic heterocycles. The molecule has 29 heavy (non-hydrogen) atoms. The molecule has 2 atom stereocenters. The fourth-order valence-electron chi connectivity index (χ4n) is 3.22. The highest BCUT2D eigenvalue weighted by Gasteiger charge is 2.47. The number of amides is 2. The van der Waals surface area contributed by atoms with E-state index in [-0.39, 0.29) is 5.48 Å². The van der Waals surface area contributed by atoms with Gasteiger partial charge in [-0.1, -0.05) is 18.2 Å². The topological polar surface area (TPSA) is 134 Å². The van der Waals surface area contributed by atoms with Gasteiger partial charge in [0.2, 0.25) is 5.91 Å². The Kier molecular flexibility index (Phi) is 6.27. The Morgan fingerprint density at radius 1 is 1.21 bits per heavy atom. The molecule has 0 spiro atoms. The van der Waals surface area contributed by atoms with Crippen LogP contribution in [0.2, 0.25) is 0 Å². The lowest BCUT2D eigenvalue weighted by Crippen LogP contribution is -2.58. The minimum atomic E-state index is -1.14. The first kappa shape index (κ1) is 21.9. The zero-order valence-corrected chi connectivity index (χ0v) is 16.3. The third kappa shape index (κ3) is 4.21. The molecule has 0 aliphatic carbocycles. The zero-order chi connectivity index (χ0) is 20.5. The monoisotopic (exact) mass is 397 g/mol. The van der Waals surface area contributed by atoms with Gasteiger partial charge in [0.1, 0.15) is 23.5 Å². The van der Waals surface area contributed by atoms with Gasteiger partial charge in [-0.05, 0) is 44.2 Å². The predicted octanol–water partition coefficient (Wildman–Crippen LogP) is 1.50. The second-order valence-corrected chi connectivity index (χ2v) is 7.16. The Morgan fingerprint density at radius 2 is 1.86 bits per heavy atom. The van der Waals surface area contributed by atoms with E-state index in [0.717, 1.165) is 5.01 Å². The van der Waals surface area contributed by atoms with Crippen LogP contribution in [0.3, 0.4) is 0 Å². The largest absolute Gasteiger partial charge is 0.485 e. The Morgan fingerprint density at radius 3 is 2.45 bits per heavy atom. The molecule has 8 nitrogen and oxygen atoms in total. The lowest BCUT2D eigenvalue weighted by Gasteiger charge is -2.45. The highest BCUT2D eigenvalue weighted by molar-refractivity contribution is 5.95. The number of hydrazine groups is 1. The third-order valence-corrected chi connectivity index (χ3v) is 4.72. The molecular formula is C21H23N3O5. The van der Waals surface area contributed by atoms with E-state index in [1.165, 1.54) is 6.92 Å². The number of ether oxygens (including phenoxy) is 1. The van der Waals surface area contributed by atoms with Gasteiger partial charge in [0.15, 0.2) is 0 Å². The first-order valence-electron chi connectivity index (χ1n) is 8.81. The van der Waals surface area contributed by atoms with Crippen LogP contribution in [-0.2, 0) is 4.79 Å². The molecule has 1 heterocycles. The minimum absolute atomic E-state index is 0. The van der Waals surface area contributed by atoms with Crippen molar-refractivity contribution in [3.8, 4) is 11.8 Å². The van der Waals surface area contributed by atoms with Crippen molar-refractivity contribution in [2.45, 2.75) is 38.5 Å². The summed E-state index contributed by atoms with van der Waals surface area (Å²) in [6.45, 7) is 4.70. The van der Waals surface area contributed by atoms with Crippen LogP contribution in [0.25, 0.3) is 0 Å². The average Bonchev–Trinajstić information content (AvgIpc) is 2.67. The Bertz CT molecular complexity index is 953. The summed E-state index contributed by atoms with van der Waals surface area (Å²) in [5.74, 6) is -0.496. The van der Waals surface area contributed by atoms with E-state index in [1.807, 2.05) is 6.07 Å². The van der Waals surface area contributed by atoms with Crippen molar-refractivity contribution in [3.05, 3.63) is 65.2 Å². The normalized spacial score (nSPS) is 18.9. The average molecular weight is 397 g/mol. The minimum Gasteiger partial charge on any atom is -0.485 e. The summed E-state index contributed by atoms with van der Waals surface area (Å²) in [5.41, 5.74) is 2.77. The Balaban J connectivity index is 0.00000300. The van der Waals surface area contributed by atoms with Crippen LogP contribution in [-0.4, -0.2) is 39.1 Å². The van der Waals surface area contributed by atoms with Crippen molar-refractivity contribution in [2.24, 2.45) is 0 Å². The fraction of sp³-hybridized carbons (Fsp3) is 0.286. The van der Waals surface area contributed by atoms with E-state index in [1.54, 1.807) is 62.4 Å². The van der Waals surface area contributed by atoms with Crippen LogP contribution in [0, 0.1) is 11.3 Å². The van der Waals surface area contributed by atoms with E-state index in [9.17, 15) is 20.0 Å². The van der Waals surface area contributed by atoms with Crippen LogP contribution < -0.4 is 10.2 Å². The molecule has 0 unspecified atom stereocenters. The number of aliphatic hydroxyl groups excluding tert-OH is 1. The van der Waals surface area contributed by atoms with Gasteiger partial charge >= 0.3 is 0 Å². The second kappa shape index (κ2) is 8.31. The van der Waals surface area contributed by atoms with Gasteiger partial charge in [0, 0.05) is 18.1 Å². The van der Waals surface area contributed by atoms with Gasteiger partial charge in [-0.2, -0.15) is 5.26 Å². The van der Waals surface area contributed by atoms with Crippen molar-refractivity contribution in [1.82, 2.24) is 10.4 Å². The maximum absolute atomic E-state index is 12.6. The molecule has 152 valence electrons. The molecule has 0 saturated carbocycles. The molecule has 2 aromatic rings. The molecule has 4 N–H and O–H groups in total. The number of nitriles is 1. The summed E-state index contributed by atoms with van der Waals surface area (Å²) in [4.78, 5) is 25.1. The third-order valence-electron chi connectivity index (χ3n) is 4.72. The SMILES string of the molecule is CC(=O)N(NC(=O)c1ccccc1)[C@H]1c2cc(C#N)ccc2OC(C)(C)[C@@H]1O.O. The molecular weight excluding hydrogens is 374 g/mol. The number of aliphatic hydroxyl groups is 1. The molecule has 8 heteroatoms. The van der Waals surface area contributed by atoms with Crippen LogP contribution in [0.4, 0.5) is 0 Å². The summed E-state index contributed by atoms with van der Waals surface area (Å²) in [5, 5.41) is 21.3. The van der Waals surface area contributed by atoms with Crippen molar-refractivity contribution in [3.63, 3.8) is 0 Å². The predicted molar refractivity (Wildman–Crippen MR) is 105 cm³/mol. The molecule has 0 fully saturated rings. The highest BCUT2D eigenvalue weighted by atomic mass is 16.5. The van der Waals surface area contributed by atoms with Crippen LogP contribution in [0.5, 0.6) is 5.75 Å². The summed E-state index contributed by atoms with van der Waals surface area (Å²) in [6.07, 6.45) is -1.14.